The number of aryl methyl sites for hydroxylation is 3. The van der Waals surface area contributed by atoms with Gasteiger partial charge in [0.15, 0.2) is 0 Å². The molecule has 1 amide bonds. The molecule has 0 saturated heterocycles. The Morgan fingerprint density at radius 1 is 0.917 bits per heavy atom. The molecule has 1 aliphatic carbocycles. The average Bonchev–Trinajstić information content (AvgIpc) is 3.35. The molecule has 7 heteroatoms. The predicted octanol–water partition coefficient (Wildman–Crippen LogP) is 5.49. The molecule has 0 unspecified atom stereocenters. The summed E-state index contributed by atoms with van der Waals surface area (Å²) >= 11 is 0. The van der Waals surface area contributed by atoms with Crippen LogP contribution in [-0.4, -0.2) is 31.2 Å². The van der Waals surface area contributed by atoms with Crippen LogP contribution in [0.15, 0.2) is 48.5 Å². The molecule has 0 saturated carbocycles. The zero-order valence-corrected chi connectivity index (χ0v) is 20.8. The summed E-state index contributed by atoms with van der Waals surface area (Å²) in [5, 5.41) is 11.7. The maximum Gasteiger partial charge on any atom is 0.312 e. The highest BCUT2D eigenvalue weighted by Gasteiger charge is 2.24. The van der Waals surface area contributed by atoms with Crippen molar-refractivity contribution < 1.29 is 28.9 Å². The SMILES string of the molecule is COc1ccc(CCc2cc(Oc3c(C)cc(NC(=O)CC(=O)O)c4c3CCC4)ccc2OC)cc1. The van der Waals surface area contributed by atoms with E-state index in [0.29, 0.717) is 5.69 Å². The number of carbonyl (C=O) groups is 2. The minimum absolute atomic E-state index is 0.527. The van der Waals surface area contributed by atoms with E-state index in [1.165, 1.54) is 5.56 Å². The van der Waals surface area contributed by atoms with E-state index in [-0.39, 0.29) is 0 Å². The Kier molecular flexibility index (Phi) is 7.78. The third-order valence-corrected chi connectivity index (χ3v) is 6.44. The number of benzene rings is 3. The first kappa shape index (κ1) is 25.1. The largest absolute Gasteiger partial charge is 0.497 e. The first-order valence-electron chi connectivity index (χ1n) is 12.0. The standard InChI is InChI=1S/C29H31NO6/c1-18-15-25(30-27(31)17-28(32)33)23-5-4-6-24(23)29(18)36-22-13-14-26(35-3)20(16-22)10-7-19-8-11-21(34-2)12-9-19/h8-9,11-16H,4-7,10,17H2,1-3H3,(H,30,31)(H,32,33). The van der Waals surface area contributed by atoms with Gasteiger partial charge in [0, 0.05) is 11.3 Å². The second-order valence-corrected chi connectivity index (χ2v) is 8.92. The third-order valence-electron chi connectivity index (χ3n) is 6.44. The number of methoxy groups -OCH3 is 2. The number of carbonyl (C=O) groups excluding carboxylic acids is 1. The quantitative estimate of drug-likeness (QED) is 0.366. The molecule has 0 aromatic heterocycles. The van der Waals surface area contributed by atoms with E-state index in [9.17, 15) is 9.59 Å². The Morgan fingerprint density at radius 2 is 1.64 bits per heavy atom. The van der Waals surface area contributed by atoms with Crippen LogP contribution in [-0.2, 0) is 35.3 Å². The summed E-state index contributed by atoms with van der Waals surface area (Å²) in [6.07, 6.45) is 3.68. The number of anilines is 1. The maximum absolute atomic E-state index is 12.1. The van der Waals surface area contributed by atoms with Crippen LogP contribution >= 0.6 is 0 Å². The van der Waals surface area contributed by atoms with Crippen molar-refractivity contribution in [2.24, 2.45) is 0 Å². The van der Waals surface area contributed by atoms with Gasteiger partial charge in [0.2, 0.25) is 5.91 Å². The molecule has 0 atom stereocenters. The molecule has 3 aromatic carbocycles. The smallest absolute Gasteiger partial charge is 0.312 e. The van der Waals surface area contributed by atoms with Gasteiger partial charge in [-0.1, -0.05) is 12.1 Å². The van der Waals surface area contributed by atoms with Crippen LogP contribution in [0.3, 0.4) is 0 Å². The van der Waals surface area contributed by atoms with Crippen molar-refractivity contribution >= 4 is 17.6 Å². The summed E-state index contributed by atoms with van der Waals surface area (Å²) in [4.78, 5) is 23.0. The Morgan fingerprint density at radius 3 is 2.33 bits per heavy atom. The molecular weight excluding hydrogens is 458 g/mol. The molecule has 0 fully saturated rings. The minimum atomic E-state index is -1.15. The second-order valence-electron chi connectivity index (χ2n) is 8.92. The number of ether oxygens (including phenoxy) is 3. The molecule has 0 spiro atoms. The van der Waals surface area contributed by atoms with E-state index in [1.807, 2.05) is 43.3 Å². The zero-order chi connectivity index (χ0) is 25.7. The van der Waals surface area contributed by atoms with Crippen LogP contribution in [0.1, 0.15) is 40.7 Å². The lowest BCUT2D eigenvalue weighted by molar-refractivity contribution is -0.139. The number of nitrogens with one attached hydrogen (secondary N) is 1. The topological polar surface area (TPSA) is 94.1 Å². The number of amides is 1. The fourth-order valence-corrected chi connectivity index (χ4v) is 4.69. The molecular formula is C29H31NO6. The molecule has 1 aliphatic rings. The zero-order valence-electron chi connectivity index (χ0n) is 20.8. The second kappa shape index (κ2) is 11.2. The number of carboxylic acid groups (broad SMARTS) is 1. The van der Waals surface area contributed by atoms with E-state index in [1.54, 1.807) is 14.2 Å². The Balaban J connectivity index is 1.55. The highest BCUT2D eigenvalue weighted by Crippen LogP contribution is 2.41. The number of fused-ring (bicyclic) bond motifs is 1. The molecule has 3 aromatic rings. The molecule has 4 rings (SSSR count). The minimum Gasteiger partial charge on any atom is -0.497 e. The number of hydrogen-bond donors (Lipinski definition) is 2. The van der Waals surface area contributed by atoms with Gasteiger partial charge in [-0.25, -0.2) is 0 Å². The van der Waals surface area contributed by atoms with E-state index in [4.69, 9.17) is 19.3 Å². The van der Waals surface area contributed by atoms with Crippen molar-refractivity contribution in [1.29, 1.82) is 0 Å². The average molecular weight is 490 g/mol. The van der Waals surface area contributed by atoms with Gasteiger partial charge in [0.05, 0.1) is 14.2 Å². The monoisotopic (exact) mass is 489 g/mol. The van der Waals surface area contributed by atoms with E-state index < -0.39 is 18.3 Å². The van der Waals surface area contributed by atoms with Gasteiger partial charge in [-0.15, -0.1) is 0 Å². The summed E-state index contributed by atoms with van der Waals surface area (Å²) < 4.78 is 17.3. The first-order chi connectivity index (χ1) is 17.4. The summed E-state index contributed by atoms with van der Waals surface area (Å²) in [7, 11) is 3.33. The van der Waals surface area contributed by atoms with Gasteiger partial charge in [-0.05, 0) is 97.7 Å². The van der Waals surface area contributed by atoms with Crippen molar-refractivity contribution in [3.8, 4) is 23.0 Å². The third kappa shape index (κ3) is 5.79. The summed E-state index contributed by atoms with van der Waals surface area (Å²) in [6, 6.07) is 15.8. The summed E-state index contributed by atoms with van der Waals surface area (Å²) in [6.45, 7) is 1.94. The van der Waals surface area contributed by atoms with Gasteiger partial charge in [0.1, 0.15) is 29.4 Å². The molecule has 0 radical (unpaired) electrons. The fraction of sp³-hybridized carbons (Fsp3) is 0.310. The molecule has 0 bridgehead atoms. The number of hydrogen-bond acceptors (Lipinski definition) is 5. The number of rotatable bonds is 10. The lowest BCUT2D eigenvalue weighted by Crippen LogP contribution is -2.17. The van der Waals surface area contributed by atoms with Crippen LogP contribution < -0.4 is 19.5 Å². The van der Waals surface area contributed by atoms with Gasteiger partial charge in [0.25, 0.3) is 0 Å². The first-order valence-corrected chi connectivity index (χ1v) is 12.0. The van der Waals surface area contributed by atoms with E-state index >= 15 is 0 Å². The van der Waals surface area contributed by atoms with Crippen molar-refractivity contribution in [1.82, 2.24) is 0 Å². The lowest BCUT2D eigenvalue weighted by Gasteiger charge is -2.18. The van der Waals surface area contributed by atoms with Crippen LogP contribution in [0.2, 0.25) is 0 Å². The van der Waals surface area contributed by atoms with Crippen molar-refractivity contribution in [2.75, 3.05) is 19.5 Å². The van der Waals surface area contributed by atoms with E-state index in [0.717, 1.165) is 77.4 Å². The Hall–Kier alpha value is -4.00. The number of aliphatic carboxylic acids is 1. The van der Waals surface area contributed by atoms with Crippen LogP contribution in [0, 0.1) is 6.92 Å². The molecule has 36 heavy (non-hydrogen) atoms. The normalized spacial score (nSPS) is 12.1. The molecule has 2 N–H and O–H groups in total. The molecule has 188 valence electrons. The van der Waals surface area contributed by atoms with Gasteiger partial charge in [-0.2, -0.15) is 0 Å². The highest BCUT2D eigenvalue weighted by molar-refractivity contribution is 6.02. The van der Waals surface area contributed by atoms with Crippen LogP contribution in [0.4, 0.5) is 5.69 Å². The van der Waals surface area contributed by atoms with Crippen molar-refractivity contribution in [3.63, 3.8) is 0 Å². The highest BCUT2D eigenvalue weighted by atomic mass is 16.5. The predicted molar refractivity (Wildman–Crippen MR) is 138 cm³/mol. The van der Waals surface area contributed by atoms with E-state index in [2.05, 4.69) is 17.4 Å². The summed E-state index contributed by atoms with van der Waals surface area (Å²) in [5.41, 5.74) is 5.90. The Labute approximate surface area is 211 Å². The molecule has 7 nitrogen and oxygen atoms in total. The Bertz CT molecular complexity index is 1270. The molecule has 0 aliphatic heterocycles. The number of carboxylic acids is 1. The van der Waals surface area contributed by atoms with Crippen LogP contribution in [0.25, 0.3) is 0 Å². The van der Waals surface area contributed by atoms with Gasteiger partial charge in [-0.3, -0.25) is 9.59 Å². The van der Waals surface area contributed by atoms with Crippen molar-refractivity contribution in [2.45, 2.75) is 45.4 Å². The summed E-state index contributed by atoms with van der Waals surface area (Å²) in [5.74, 6) is 1.49. The van der Waals surface area contributed by atoms with Crippen LogP contribution in [0.5, 0.6) is 23.0 Å². The van der Waals surface area contributed by atoms with Crippen molar-refractivity contribution in [3.05, 3.63) is 76.3 Å². The molecule has 0 heterocycles. The fourth-order valence-electron chi connectivity index (χ4n) is 4.69. The van der Waals surface area contributed by atoms with Gasteiger partial charge >= 0.3 is 5.97 Å². The maximum atomic E-state index is 12.1. The lowest BCUT2D eigenvalue weighted by atomic mass is 10.0. The van der Waals surface area contributed by atoms with Gasteiger partial charge < -0.3 is 24.6 Å².